The summed E-state index contributed by atoms with van der Waals surface area (Å²) in [7, 11) is 0. The molecule has 4 aromatic rings. The third kappa shape index (κ3) is 9.63. The Morgan fingerprint density at radius 1 is 0.636 bits per heavy atom. The SMILES string of the molecule is N[C@@H](Cc1ccccc1)C(=O)N[C@@H](Cc1ccccc1)C(=O)N[C@@H](Cc1ccccc1)C(=O)N[C@@H](Cc1cnc[nH]1)C(=O)O. The van der Waals surface area contributed by atoms with Crippen molar-refractivity contribution in [3.05, 3.63) is 126 Å². The van der Waals surface area contributed by atoms with E-state index in [1.165, 1.54) is 12.5 Å². The smallest absolute Gasteiger partial charge is 0.326 e. The normalized spacial score (nSPS) is 13.6. The molecule has 0 unspecified atom stereocenters. The number of hydrogen-bond acceptors (Lipinski definition) is 6. The Kier molecular flexibility index (Phi) is 11.4. The number of aliphatic carboxylic acids is 1. The molecule has 0 radical (unpaired) electrons. The molecule has 44 heavy (non-hydrogen) atoms. The maximum atomic E-state index is 13.8. The largest absolute Gasteiger partial charge is 0.480 e. The Balaban J connectivity index is 1.53. The fraction of sp³-hybridized carbons (Fsp3) is 0.242. The number of carboxylic acids is 1. The minimum Gasteiger partial charge on any atom is -0.480 e. The summed E-state index contributed by atoms with van der Waals surface area (Å²) in [6, 6.07) is 23.1. The van der Waals surface area contributed by atoms with Crippen LogP contribution in [0.2, 0.25) is 0 Å². The molecule has 0 saturated heterocycles. The van der Waals surface area contributed by atoms with Gasteiger partial charge in [0.1, 0.15) is 18.1 Å². The van der Waals surface area contributed by atoms with Crippen molar-refractivity contribution in [2.24, 2.45) is 5.73 Å². The summed E-state index contributed by atoms with van der Waals surface area (Å²) in [6.45, 7) is 0. The Labute approximate surface area is 255 Å². The number of carbonyl (C=O) groups excluding carboxylic acids is 3. The van der Waals surface area contributed by atoms with E-state index in [1.807, 2.05) is 66.7 Å². The van der Waals surface area contributed by atoms with E-state index in [4.69, 9.17) is 5.73 Å². The first-order chi connectivity index (χ1) is 21.3. The second-order valence-electron chi connectivity index (χ2n) is 10.5. The zero-order valence-corrected chi connectivity index (χ0v) is 24.1. The van der Waals surface area contributed by atoms with Gasteiger partial charge in [-0.05, 0) is 23.1 Å². The van der Waals surface area contributed by atoms with E-state index in [2.05, 4.69) is 25.9 Å². The summed E-state index contributed by atoms with van der Waals surface area (Å²) in [5.74, 6) is -3.04. The highest BCUT2D eigenvalue weighted by molar-refractivity contribution is 5.94. The van der Waals surface area contributed by atoms with E-state index in [1.54, 1.807) is 24.3 Å². The van der Waals surface area contributed by atoms with Crippen molar-refractivity contribution in [2.45, 2.75) is 49.9 Å². The summed E-state index contributed by atoms with van der Waals surface area (Å²) in [5, 5.41) is 17.9. The molecule has 3 aromatic carbocycles. The molecule has 4 atom stereocenters. The second-order valence-corrected chi connectivity index (χ2v) is 10.5. The molecule has 0 spiro atoms. The van der Waals surface area contributed by atoms with E-state index in [0.29, 0.717) is 5.69 Å². The molecule has 228 valence electrons. The lowest BCUT2D eigenvalue weighted by Crippen LogP contribution is -2.58. The molecular weight excluding hydrogens is 560 g/mol. The molecule has 0 bridgehead atoms. The van der Waals surface area contributed by atoms with Gasteiger partial charge >= 0.3 is 5.97 Å². The molecule has 0 fully saturated rings. The number of nitrogens with zero attached hydrogens (tertiary/aromatic N) is 1. The Hall–Kier alpha value is -5.29. The van der Waals surface area contributed by atoms with Gasteiger partial charge in [0.05, 0.1) is 12.4 Å². The van der Waals surface area contributed by atoms with Crippen LogP contribution in [-0.4, -0.2) is 62.9 Å². The molecular formula is C33H36N6O5. The number of imidazole rings is 1. The van der Waals surface area contributed by atoms with E-state index < -0.39 is 47.9 Å². The first-order valence-electron chi connectivity index (χ1n) is 14.3. The van der Waals surface area contributed by atoms with Crippen LogP contribution in [-0.2, 0) is 44.9 Å². The molecule has 4 rings (SSSR count). The molecule has 1 aromatic heterocycles. The van der Waals surface area contributed by atoms with Crippen LogP contribution in [0.4, 0.5) is 0 Å². The molecule has 0 saturated carbocycles. The van der Waals surface area contributed by atoms with Crippen molar-refractivity contribution < 1.29 is 24.3 Å². The zero-order valence-electron chi connectivity index (χ0n) is 24.1. The number of hydrogen-bond donors (Lipinski definition) is 6. The van der Waals surface area contributed by atoms with Crippen molar-refractivity contribution in [1.82, 2.24) is 25.9 Å². The lowest BCUT2D eigenvalue weighted by Gasteiger charge is -2.25. The number of amides is 3. The number of nitrogens with one attached hydrogen (secondary N) is 4. The molecule has 11 nitrogen and oxygen atoms in total. The molecule has 3 amide bonds. The van der Waals surface area contributed by atoms with Gasteiger partial charge in [0.25, 0.3) is 0 Å². The summed E-state index contributed by atoms with van der Waals surface area (Å²) in [5.41, 5.74) is 9.16. The van der Waals surface area contributed by atoms with Crippen LogP contribution in [0.1, 0.15) is 22.4 Å². The standard InChI is InChI=1S/C33H36N6O5/c34-26(16-22-10-4-1-5-11-22)30(40)37-27(17-23-12-6-2-7-13-23)31(41)38-28(18-24-14-8-3-9-15-24)32(42)39-29(33(43)44)19-25-20-35-21-36-25/h1-15,20-21,26-29H,16-19,34H2,(H,35,36)(H,37,40)(H,38,41)(H,39,42)(H,43,44)/t26-,27-,28-,29-/m0/s1. The van der Waals surface area contributed by atoms with Gasteiger partial charge in [-0.15, -0.1) is 0 Å². The number of aromatic nitrogens is 2. The first kappa shape index (κ1) is 31.6. The van der Waals surface area contributed by atoms with Crippen molar-refractivity contribution in [1.29, 1.82) is 0 Å². The molecule has 11 heteroatoms. The van der Waals surface area contributed by atoms with Gasteiger partial charge < -0.3 is 31.8 Å². The maximum absolute atomic E-state index is 13.8. The van der Waals surface area contributed by atoms with Crippen LogP contribution in [0.5, 0.6) is 0 Å². The lowest BCUT2D eigenvalue weighted by atomic mass is 10.0. The van der Waals surface area contributed by atoms with Gasteiger partial charge in [0.2, 0.25) is 17.7 Å². The van der Waals surface area contributed by atoms with Crippen molar-refractivity contribution in [2.75, 3.05) is 0 Å². The average molecular weight is 597 g/mol. The molecule has 0 aliphatic rings. The summed E-state index contributed by atoms with van der Waals surface area (Å²) in [6.07, 6.45) is 3.38. The van der Waals surface area contributed by atoms with Crippen LogP contribution in [0.15, 0.2) is 104 Å². The van der Waals surface area contributed by atoms with E-state index >= 15 is 0 Å². The molecule has 7 N–H and O–H groups in total. The van der Waals surface area contributed by atoms with Gasteiger partial charge in [0.15, 0.2) is 0 Å². The van der Waals surface area contributed by atoms with Crippen molar-refractivity contribution in [3.8, 4) is 0 Å². The Morgan fingerprint density at radius 2 is 1.07 bits per heavy atom. The van der Waals surface area contributed by atoms with Crippen LogP contribution in [0.3, 0.4) is 0 Å². The van der Waals surface area contributed by atoms with Crippen LogP contribution >= 0.6 is 0 Å². The van der Waals surface area contributed by atoms with Crippen LogP contribution in [0, 0.1) is 0 Å². The number of carboxylic acid groups (broad SMARTS) is 1. The van der Waals surface area contributed by atoms with Gasteiger partial charge in [-0.1, -0.05) is 91.0 Å². The highest BCUT2D eigenvalue weighted by atomic mass is 16.4. The number of benzene rings is 3. The van der Waals surface area contributed by atoms with E-state index in [0.717, 1.165) is 16.7 Å². The average Bonchev–Trinajstić information content (AvgIpc) is 3.54. The summed E-state index contributed by atoms with van der Waals surface area (Å²) in [4.78, 5) is 59.2. The van der Waals surface area contributed by atoms with Gasteiger partial charge in [-0.2, -0.15) is 0 Å². The predicted octanol–water partition coefficient (Wildman–Crippen LogP) is 1.55. The summed E-state index contributed by atoms with van der Waals surface area (Å²) < 4.78 is 0. The highest BCUT2D eigenvalue weighted by Gasteiger charge is 2.31. The number of rotatable bonds is 15. The maximum Gasteiger partial charge on any atom is 0.326 e. The number of carbonyl (C=O) groups is 4. The molecule has 0 aliphatic heterocycles. The number of H-pyrrole nitrogens is 1. The monoisotopic (exact) mass is 596 g/mol. The van der Waals surface area contributed by atoms with Crippen molar-refractivity contribution in [3.63, 3.8) is 0 Å². The third-order valence-electron chi connectivity index (χ3n) is 7.06. The summed E-state index contributed by atoms with van der Waals surface area (Å²) >= 11 is 0. The van der Waals surface area contributed by atoms with Crippen molar-refractivity contribution >= 4 is 23.7 Å². The predicted molar refractivity (Wildman–Crippen MR) is 164 cm³/mol. The van der Waals surface area contributed by atoms with Gasteiger partial charge in [0, 0.05) is 31.2 Å². The molecule has 1 heterocycles. The van der Waals surface area contributed by atoms with Gasteiger partial charge in [-0.25, -0.2) is 9.78 Å². The Bertz CT molecular complexity index is 1500. The van der Waals surface area contributed by atoms with E-state index in [9.17, 15) is 24.3 Å². The lowest BCUT2D eigenvalue weighted by molar-refractivity contribution is -0.142. The fourth-order valence-electron chi connectivity index (χ4n) is 4.72. The number of aromatic amines is 1. The van der Waals surface area contributed by atoms with Crippen LogP contribution in [0.25, 0.3) is 0 Å². The topological polar surface area (TPSA) is 179 Å². The minimum absolute atomic E-state index is 0.0287. The first-order valence-corrected chi connectivity index (χ1v) is 14.3. The second kappa shape index (κ2) is 15.8. The third-order valence-corrected chi connectivity index (χ3v) is 7.06. The number of nitrogens with two attached hydrogens (primary N) is 1. The molecule has 0 aliphatic carbocycles. The minimum atomic E-state index is -1.27. The fourth-order valence-corrected chi connectivity index (χ4v) is 4.72. The van der Waals surface area contributed by atoms with Gasteiger partial charge in [-0.3, -0.25) is 14.4 Å². The quantitative estimate of drug-likeness (QED) is 0.120. The van der Waals surface area contributed by atoms with Crippen LogP contribution < -0.4 is 21.7 Å². The van der Waals surface area contributed by atoms with E-state index in [-0.39, 0.29) is 25.7 Å². The highest BCUT2D eigenvalue weighted by Crippen LogP contribution is 2.09. The Morgan fingerprint density at radius 3 is 1.50 bits per heavy atom. The zero-order chi connectivity index (χ0) is 31.3.